The molecular weight excluding hydrogens is 198 g/mol. The molecule has 0 aliphatic heterocycles. The van der Waals surface area contributed by atoms with Crippen LogP contribution in [0.3, 0.4) is 0 Å². The van der Waals surface area contributed by atoms with Crippen LogP contribution in [0.15, 0.2) is 41.7 Å². The molecule has 0 N–H and O–H groups in total. The third kappa shape index (κ3) is 1.72. The maximum absolute atomic E-state index is 11.0. The normalized spacial score (nSPS) is 12.6. The Morgan fingerprint density at radius 3 is 2.43 bits per heavy atom. The predicted octanol–water partition coefficient (Wildman–Crippen LogP) is 1.00. The molecule has 0 bridgehead atoms. The van der Waals surface area contributed by atoms with E-state index in [1.165, 1.54) is 0 Å². The third-order valence-electron chi connectivity index (χ3n) is 1.79. The van der Waals surface area contributed by atoms with E-state index >= 15 is 0 Å². The average molecular weight is 207 g/mol. The highest BCUT2D eigenvalue weighted by Gasteiger charge is 2.01. The highest BCUT2D eigenvalue weighted by atomic mass is 32.2. The number of rotatable bonds is 2. The third-order valence-corrected chi connectivity index (χ3v) is 2.60. The molecule has 72 valence electrons. The van der Waals surface area contributed by atoms with Crippen molar-refractivity contribution < 1.29 is 4.21 Å². The zero-order valence-corrected chi connectivity index (χ0v) is 8.44. The van der Waals surface area contributed by atoms with E-state index in [2.05, 4.69) is 10.2 Å². The van der Waals surface area contributed by atoms with E-state index in [1.54, 1.807) is 18.4 Å². The lowest BCUT2D eigenvalue weighted by atomic mass is 10.5. The van der Waals surface area contributed by atoms with Crippen molar-refractivity contribution in [2.75, 3.05) is 6.26 Å². The molecular formula is C9H9N3OS. The Kier molecular flexibility index (Phi) is 2.41. The zero-order valence-electron chi connectivity index (χ0n) is 7.62. The molecule has 4 nitrogen and oxygen atoms in total. The van der Waals surface area contributed by atoms with Gasteiger partial charge < -0.3 is 4.57 Å². The fourth-order valence-corrected chi connectivity index (χ4v) is 1.51. The quantitative estimate of drug-likeness (QED) is 0.738. The van der Waals surface area contributed by atoms with Crippen molar-refractivity contribution in [1.82, 2.24) is 14.8 Å². The van der Waals surface area contributed by atoms with Crippen LogP contribution in [-0.4, -0.2) is 25.2 Å². The molecule has 0 aromatic carbocycles. The molecule has 0 amide bonds. The van der Waals surface area contributed by atoms with Gasteiger partial charge in [0.1, 0.15) is 5.03 Å². The number of hydrogen-bond donors (Lipinski definition) is 0. The van der Waals surface area contributed by atoms with Crippen molar-refractivity contribution in [3.05, 3.63) is 36.7 Å². The van der Waals surface area contributed by atoms with E-state index in [0.29, 0.717) is 5.03 Å². The van der Waals surface area contributed by atoms with E-state index in [1.807, 2.05) is 29.1 Å². The summed E-state index contributed by atoms with van der Waals surface area (Å²) in [6.07, 6.45) is 5.35. The molecule has 0 fully saturated rings. The second-order valence-corrected chi connectivity index (χ2v) is 4.10. The Morgan fingerprint density at radius 2 is 1.93 bits per heavy atom. The summed E-state index contributed by atoms with van der Waals surface area (Å²) in [5, 5.41) is 8.33. The van der Waals surface area contributed by atoms with Gasteiger partial charge >= 0.3 is 0 Å². The van der Waals surface area contributed by atoms with Gasteiger partial charge in [0.15, 0.2) is 5.82 Å². The molecule has 14 heavy (non-hydrogen) atoms. The molecule has 0 saturated carbocycles. The Morgan fingerprint density at radius 1 is 1.21 bits per heavy atom. The van der Waals surface area contributed by atoms with Crippen LogP contribution in [0.4, 0.5) is 0 Å². The van der Waals surface area contributed by atoms with Crippen LogP contribution < -0.4 is 0 Å². The fraction of sp³-hybridized carbons (Fsp3) is 0.111. The summed E-state index contributed by atoms with van der Waals surface area (Å²) in [5.41, 5.74) is 0. The van der Waals surface area contributed by atoms with Gasteiger partial charge in [-0.3, -0.25) is 4.21 Å². The van der Waals surface area contributed by atoms with Gasteiger partial charge in [0.25, 0.3) is 0 Å². The van der Waals surface area contributed by atoms with E-state index in [9.17, 15) is 4.21 Å². The van der Waals surface area contributed by atoms with Crippen LogP contribution in [-0.2, 0) is 10.8 Å². The van der Waals surface area contributed by atoms with E-state index in [4.69, 9.17) is 0 Å². The molecule has 2 heterocycles. The van der Waals surface area contributed by atoms with Crippen molar-refractivity contribution in [2.45, 2.75) is 5.03 Å². The topological polar surface area (TPSA) is 47.8 Å². The van der Waals surface area contributed by atoms with Gasteiger partial charge in [-0.2, -0.15) is 0 Å². The lowest BCUT2D eigenvalue weighted by molar-refractivity contribution is 0.681. The maximum atomic E-state index is 11.0. The van der Waals surface area contributed by atoms with Gasteiger partial charge in [-0.05, 0) is 24.3 Å². The second-order valence-electron chi connectivity index (χ2n) is 2.77. The molecule has 0 radical (unpaired) electrons. The summed E-state index contributed by atoms with van der Waals surface area (Å²) in [6.45, 7) is 0. The molecule has 0 saturated heterocycles. The smallest absolute Gasteiger partial charge is 0.159 e. The summed E-state index contributed by atoms with van der Waals surface area (Å²) in [6, 6.07) is 7.34. The molecule has 1 unspecified atom stereocenters. The van der Waals surface area contributed by atoms with E-state index in [-0.39, 0.29) is 0 Å². The van der Waals surface area contributed by atoms with Gasteiger partial charge in [0.2, 0.25) is 0 Å². The minimum atomic E-state index is -1.07. The van der Waals surface area contributed by atoms with Crippen LogP contribution in [0.1, 0.15) is 0 Å². The molecule has 0 aliphatic rings. The number of nitrogens with zero attached hydrogens (tertiary/aromatic N) is 3. The van der Waals surface area contributed by atoms with Crippen LogP contribution in [0, 0.1) is 0 Å². The van der Waals surface area contributed by atoms with Crippen molar-refractivity contribution >= 4 is 10.8 Å². The minimum Gasteiger partial charge on any atom is -0.307 e. The van der Waals surface area contributed by atoms with Crippen molar-refractivity contribution in [2.24, 2.45) is 0 Å². The Labute approximate surface area is 84.1 Å². The van der Waals surface area contributed by atoms with Crippen LogP contribution in [0.5, 0.6) is 0 Å². The lowest BCUT2D eigenvalue weighted by Gasteiger charge is -2.00. The Balaban J connectivity index is 2.36. The van der Waals surface area contributed by atoms with Gasteiger partial charge in [-0.25, -0.2) is 0 Å². The zero-order chi connectivity index (χ0) is 9.97. The van der Waals surface area contributed by atoms with E-state index < -0.39 is 10.8 Å². The van der Waals surface area contributed by atoms with E-state index in [0.717, 1.165) is 5.82 Å². The first-order valence-electron chi connectivity index (χ1n) is 4.08. The van der Waals surface area contributed by atoms with Gasteiger partial charge in [-0.15, -0.1) is 10.2 Å². The van der Waals surface area contributed by atoms with Gasteiger partial charge in [-0.1, -0.05) is 0 Å². The predicted molar refractivity (Wildman–Crippen MR) is 53.7 cm³/mol. The van der Waals surface area contributed by atoms with Crippen LogP contribution in [0.2, 0.25) is 0 Å². The maximum Gasteiger partial charge on any atom is 0.159 e. The fourth-order valence-electron chi connectivity index (χ4n) is 1.09. The number of aromatic nitrogens is 3. The number of hydrogen-bond acceptors (Lipinski definition) is 3. The van der Waals surface area contributed by atoms with Crippen LogP contribution >= 0.6 is 0 Å². The molecule has 5 heteroatoms. The van der Waals surface area contributed by atoms with Crippen LogP contribution in [0.25, 0.3) is 5.82 Å². The standard InChI is InChI=1S/C9H9N3OS/c1-14(13)9-5-4-8(10-11-9)12-6-2-3-7-12/h2-7H,1H3. The summed E-state index contributed by atoms with van der Waals surface area (Å²) in [7, 11) is -1.07. The first-order valence-corrected chi connectivity index (χ1v) is 5.64. The monoisotopic (exact) mass is 207 g/mol. The lowest BCUT2D eigenvalue weighted by Crippen LogP contribution is -2.00. The first-order chi connectivity index (χ1) is 6.77. The molecule has 2 aromatic heterocycles. The van der Waals surface area contributed by atoms with Crippen molar-refractivity contribution in [3.63, 3.8) is 0 Å². The first kappa shape index (κ1) is 9.08. The van der Waals surface area contributed by atoms with Crippen molar-refractivity contribution in [3.8, 4) is 5.82 Å². The largest absolute Gasteiger partial charge is 0.307 e. The second kappa shape index (κ2) is 3.71. The average Bonchev–Trinajstić information content (AvgIpc) is 2.71. The highest BCUT2D eigenvalue weighted by molar-refractivity contribution is 7.84. The van der Waals surface area contributed by atoms with Crippen molar-refractivity contribution in [1.29, 1.82) is 0 Å². The Hall–Kier alpha value is -1.49. The SMILES string of the molecule is CS(=O)c1ccc(-n2cccc2)nn1. The summed E-state index contributed by atoms with van der Waals surface area (Å²) in [4.78, 5) is 0. The summed E-state index contributed by atoms with van der Waals surface area (Å²) < 4.78 is 12.9. The minimum absolute atomic E-state index is 0.501. The highest BCUT2D eigenvalue weighted by Crippen LogP contribution is 2.05. The molecule has 0 aliphatic carbocycles. The molecule has 2 aromatic rings. The van der Waals surface area contributed by atoms with Gasteiger partial charge in [0, 0.05) is 18.6 Å². The molecule has 1 atom stereocenters. The summed E-state index contributed by atoms with van der Waals surface area (Å²) >= 11 is 0. The molecule has 0 spiro atoms. The molecule has 2 rings (SSSR count). The summed E-state index contributed by atoms with van der Waals surface area (Å²) in [5.74, 6) is 0.726. The Bertz CT molecular complexity index is 436. The van der Waals surface area contributed by atoms with Gasteiger partial charge in [0.05, 0.1) is 10.8 Å².